The first-order chi connectivity index (χ1) is 11.8. The molecule has 1 heterocycles. The van der Waals surface area contributed by atoms with Crippen molar-refractivity contribution in [1.29, 1.82) is 0 Å². The van der Waals surface area contributed by atoms with E-state index in [4.69, 9.17) is 9.15 Å². The van der Waals surface area contributed by atoms with E-state index in [1.165, 1.54) is 19.1 Å². The van der Waals surface area contributed by atoms with Crippen LogP contribution in [0.4, 0.5) is 0 Å². The Morgan fingerprint density at radius 3 is 2.71 bits per heavy atom. The van der Waals surface area contributed by atoms with Gasteiger partial charge in [0, 0.05) is 11.8 Å². The summed E-state index contributed by atoms with van der Waals surface area (Å²) in [4.78, 5) is 12.0. The second-order valence-electron chi connectivity index (χ2n) is 5.64. The summed E-state index contributed by atoms with van der Waals surface area (Å²) in [5.41, 5.74) is 3.02. The van der Waals surface area contributed by atoms with Crippen molar-refractivity contribution in [2.75, 3.05) is 0 Å². The molecule has 0 radical (unpaired) electrons. The summed E-state index contributed by atoms with van der Waals surface area (Å²) in [5.74, 6) is 1.28. The Morgan fingerprint density at radius 2 is 2.00 bits per heavy atom. The molecule has 1 aromatic carbocycles. The van der Waals surface area contributed by atoms with Gasteiger partial charge in [0.1, 0.15) is 11.5 Å². The molecule has 1 aromatic heterocycles. The van der Waals surface area contributed by atoms with Crippen molar-refractivity contribution in [1.82, 2.24) is 5.43 Å². The topological polar surface area (TPSA) is 63.8 Å². The van der Waals surface area contributed by atoms with E-state index >= 15 is 0 Å². The molecular weight excluding hydrogens is 304 g/mol. The van der Waals surface area contributed by atoms with Crippen LogP contribution in [0.1, 0.15) is 41.8 Å². The Bertz CT molecular complexity index is 697. The highest BCUT2D eigenvalue weighted by atomic mass is 16.5. The van der Waals surface area contributed by atoms with Crippen LogP contribution in [-0.2, 0) is 0 Å². The molecule has 1 aliphatic rings. The molecule has 1 aliphatic carbocycles. The van der Waals surface area contributed by atoms with Gasteiger partial charge in [-0.15, -0.1) is 0 Å². The highest BCUT2D eigenvalue weighted by Crippen LogP contribution is 2.24. The molecule has 0 atom stereocenters. The number of hydrogen-bond acceptors (Lipinski definition) is 4. The van der Waals surface area contributed by atoms with E-state index in [0.29, 0.717) is 11.7 Å². The zero-order valence-electron chi connectivity index (χ0n) is 13.4. The van der Waals surface area contributed by atoms with Crippen LogP contribution in [0.2, 0.25) is 0 Å². The lowest BCUT2D eigenvalue weighted by atomic mass is 10.2. The summed E-state index contributed by atoms with van der Waals surface area (Å²) < 4.78 is 11.0. The Morgan fingerprint density at radius 1 is 1.21 bits per heavy atom. The van der Waals surface area contributed by atoms with E-state index in [0.717, 1.165) is 24.4 Å². The van der Waals surface area contributed by atoms with Crippen LogP contribution in [0.25, 0.3) is 6.08 Å². The largest absolute Gasteiger partial charge is 0.490 e. The molecule has 1 saturated carbocycles. The Balaban J connectivity index is 1.47. The van der Waals surface area contributed by atoms with Gasteiger partial charge in [0.15, 0.2) is 0 Å². The highest BCUT2D eigenvalue weighted by Gasteiger charge is 2.16. The van der Waals surface area contributed by atoms with Crippen LogP contribution in [0.3, 0.4) is 0 Å². The maximum atomic E-state index is 12.0. The van der Waals surface area contributed by atoms with Crippen LogP contribution in [-0.4, -0.2) is 18.2 Å². The number of nitrogens with zero attached hydrogens (tertiary/aromatic N) is 1. The fourth-order valence-electron chi connectivity index (χ4n) is 2.61. The summed E-state index contributed by atoms with van der Waals surface area (Å²) in [7, 11) is 0. The average Bonchev–Trinajstić information content (AvgIpc) is 3.29. The van der Waals surface area contributed by atoms with Crippen molar-refractivity contribution >= 4 is 18.2 Å². The van der Waals surface area contributed by atoms with E-state index in [1.807, 2.05) is 18.2 Å². The fourth-order valence-corrected chi connectivity index (χ4v) is 2.61. The lowest BCUT2D eigenvalue weighted by Crippen LogP contribution is -2.17. The van der Waals surface area contributed by atoms with Crippen molar-refractivity contribution in [3.8, 4) is 5.75 Å². The lowest BCUT2D eigenvalue weighted by Gasteiger charge is -2.12. The molecule has 5 nitrogen and oxygen atoms in total. The maximum Gasteiger partial charge on any atom is 0.271 e. The molecule has 0 spiro atoms. The van der Waals surface area contributed by atoms with Gasteiger partial charge in [0.25, 0.3) is 5.91 Å². The summed E-state index contributed by atoms with van der Waals surface area (Å²) in [5, 5.41) is 3.87. The maximum absolute atomic E-state index is 12.0. The van der Waals surface area contributed by atoms with Crippen molar-refractivity contribution in [2.45, 2.75) is 31.8 Å². The molecule has 1 amide bonds. The number of hydrazone groups is 1. The monoisotopic (exact) mass is 324 g/mol. The molecule has 0 bridgehead atoms. The van der Waals surface area contributed by atoms with Crippen molar-refractivity contribution < 1.29 is 13.9 Å². The van der Waals surface area contributed by atoms with Gasteiger partial charge >= 0.3 is 0 Å². The van der Waals surface area contributed by atoms with Gasteiger partial charge in [-0.2, -0.15) is 5.10 Å². The Labute approximate surface area is 141 Å². The number of carbonyl (C=O) groups is 1. The molecule has 0 unspecified atom stereocenters. The first kappa shape index (κ1) is 16.1. The van der Waals surface area contributed by atoms with Crippen molar-refractivity contribution in [3.05, 3.63) is 60.1 Å². The molecule has 5 heteroatoms. The lowest BCUT2D eigenvalue weighted by molar-refractivity contribution is 0.0955. The fraction of sp³-hybridized carbons (Fsp3) is 0.263. The third-order valence-electron chi connectivity index (χ3n) is 3.85. The summed E-state index contributed by atoms with van der Waals surface area (Å²) in [6.45, 7) is 0. The zero-order valence-corrected chi connectivity index (χ0v) is 13.4. The SMILES string of the molecule is O=C(N/N=C/C=C/c1ccco1)c1ccc(OC2CCCC2)cc1. The second kappa shape index (κ2) is 8.15. The molecule has 1 fully saturated rings. The van der Waals surface area contributed by atoms with Gasteiger partial charge in [0.2, 0.25) is 0 Å². The van der Waals surface area contributed by atoms with Crippen molar-refractivity contribution in [2.24, 2.45) is 5.10 Å². The van der Waals surface area contributed by atoms with Crippen LogP contribution < -0.4 is 10.2 Å². The Hall–Kier alpha value is -2.82. The van der Waals surface area contributed by atoms with Gasteiger partial charge in [-0.3, -0.25) is 4.79 Å². The average molecular weight is 324 g/mol. The smallest absolute Gasteiger partial charge is 0.271 e. The zero-order chi connectivity index (χ0) is 16.6. The molecular formula is C19H20N2O3. The number of ether oxygens (including phenoxy) is 1. The van der Waals surface area contributed by atoms with Crippen LogP contribution in [0.5, 0.6) is 5.75 Å². The first-order valence-electron chi connectivity index (χ1n) is 8.11. The van der Waals surface area contributed by atoms with Gasteiger partial charge in [0.05, 0.1) is 12.4 Å². The molecule has 3 rings (SSSR count). The number of benzene rings is 1. The number of furan rings is 1. The summed E-state index contributed by atoms with van der Waals surface area (Å²) in [6, 6.07) is 10.8. The minimum atomic E-state index is -0.259. The number of carbonyl (C=O) groups excluding carboxylic acids is 1. The summed E-state index contributed by atoms with van der Waals surface area (Å²) in [6.07, 6.45) is 11.6. The second-order valence-corrected chi connectivity index (χ2v) is 5.64. The number of allylic oxidation sites excluding steroid dienone is 1. The van der Waals surface area contributed by atoms with Crippen LogP contribution in [0.15, 0.2) is 58.3 Å². The number of nitrogens with one attached hydrogen (secondary N) is 1. The van der Waals surface area contributed by atoms with Crippen molar-refractivity contribution in [3.63, 3.8) is 0 Å². The Kier molecular flexibility index (Phi) is 5.45. The minimum Gasteiger partial charge on any atom is -0.490 e. The van der Waals surface area contributed by atoms with E-state index in [2.05, 4.69) is 10.5 Å². The molecule has 2 aromatic rings. The number of hydrogen-bond donors (Lipinski definition) is 1. The molecule has 1 N–H and O–H groups in total. The normalized spacial score (nSPS) is 15.3. The highest BCUT2D eigenvalue weighted by molar-refractivity contribution is 5.94. The van der Waals surface area contributed by atoms with Gasteiger partial charge in [-0.1, -0.05) is 0 Å². The first-order valence-corrected chi connectivity index (χ1v) is 8.11. The quantitative estimate of drug-likeness (QED) is 0.644. The standard InChI is InChI=1S/C19H20N2O3/c22-19(21-20-13-3-7-16-8-4-14-23-16)15-9-11-18(12-10-15)24-17-5-1-2-6-17/h3-4,7-14,17H,1-2,5-6H2,(H,21,22)/b7-3+,20-13+. The molecule has 124 valence electrons. The van der Waals surface area contributed by atoms with E-state index in [-0.39, 0.29) is 5.91 Å². The third kappa shape index (κ3) is 4.59. The molecule has 24 heavy (non-hydrogen) atoms. The van der Waals surface area contributed by atoms with Gasteiger partial charge in [-0.05, 0) is 74.2 Å². The van der Waals surface area contributed by atoms with E-state index in [1.54, 1.807) is 36.6 Å². The molecule has 0 aliphatic heterocycles. The van der Waals surface area contributed by atoms with Crippen LogP contribution in [0, 0.1) is 0 Å². The van der Waals surface area contributed by atoms with E-state index in [9.17, 15) is 4.79 Å². The third-order valence-corrected chi connectivity index (χ3v) is 3.85. The van der Waals surface area contributed by atoms with Gasteiger partial charge < -0.3 is 9.15 Å². The summed E-state index contributed by atoms with van der Waals surface area (Å²) >= 11 is 0. The van der Waals surface area contributed by atoms with Crippen LogP contribution >= 0.6 is 0 Å². The predicted molar refractivity (Wildman–Crippen MR) is 93.0 cm³/mol. The van der Waals surface area contributed by atoms with Gasteiger partial charge in [-0.25, -0.2) is 5.43 Å². The molecule has 0 saturated heterocycles. The predicted octanol–water partition coefficient (Wildman–Crippen LogP) is 4.03. The van der Waals surface area contributed by atoms with E-state index < -0.39 is 0 Å². The minimum absolute atomic E-state index is 0.259. The number of amides is 1. The number of rotatable bonds is 6.